The van der Waals surface area contributed by atoms with E-state index in [2.05, 4.69) is 24.5 Å². The molecular formula is C14H22N2O3. The van der Waals surface area contributed by atoms with E-state index in [-0.39, 0.29) is 12.1 Å². The van der Waals surface area contributed by atoms with E-state index in [9.17, 15) is 4.79 Å². The molecule has 0 heterocycles. The maximum Gasteiger partial charge on any atom is 0.319 e. The van der Waals surface area contributed by atoms with Crippen LogP contribution in [0.15, 0.2) is 18.2 Å². The highest BCUT2D eigenvalue weighted by atomic mass is 16.5. The number of methoxy groups -OCH3 is 2. The summed E-state index contributed by atoms with van der Waals surface area (Å²) in [5.41, 5.74) is 0.629. The standard InChI is InChI=1S/C14H22N2O3/c1-9(2)10(3)15-14(17)16-11-6-12(18-4)8-13(7-11)19-5/h6-10H,1-5H3,(H2,15,16,17). The molecule has 1 atom stereocenters. The Morgan fingerprint density at radius 2 is 1.58 bits per heavy atom. The van der Waals surface area contributed by atoms with Gasteiger partial charge in [0.15, 0.2) is 0 Å². The fourth-order valence-electron chi connectivity index (χ4n) is 1.42. The second-order valence-electron chi connectivity index (χ2n) is 4.73. The number of benzene rings is 1. The largest absolute Gasteiger partial charge is 0.497 e. The fraction of sp³-hybridized carbons (Fsp3) is 0.500. The molecule has 0 aromatic heterocycles. The second-order valence-corrected chi connectivity index (χ2v) is 4.73. The molecule has 1 unspecified atom stereocenters. The Morgan fingerprint density at radius 1 is 1.05 bits per heavy atom. The number of anilines is 1. The lowest BCUT2D eigenvalue weighted by Gasteiger charge is -2.18. The quantitative estimate of drug-likeness (QED) is 0.861. The molecule has 0 radical (unpaired) electrons. The van der Waals surface area contributed by atoms with Gasteiger partial charge in [-0.1, -0.05) is 13.8 Å². The Balaban J connectivity index is 2.73. The van der Waals surface area contributed by atoms with Gasteiger partial charge in [0.05, 0.1) is 14.2 Å². The number of ether oxygens (including phenoxy) is 2. The molecule has 0 aliphatic rings. The molecule has 0 aliphatic carbocycles. The average molecular weight is 266 g/mol. The smallest absolute Gasteiger partial charge is 0.319 e. The molecule has 19 heavy (non-hydrogen) atoms. The van der Waals surface area contributed by atoms with Crippen molar-refractivity contribution in [1.29, 1.82) is 0 Å². The number of hydrogen-bond acceptors (Lipinski definition) is 3. The van der Waals surface area contributed by atoms with Crippen molar-refractivity contribution in [3.8, 4) is 11.5 Å². The van der Waals surface area contributed by atoms with Gasteiger partial charge in [-0.25, -0.2) is 4.79 Å². The highest BCUT2D eigenvalue weighted by Gasteiger charge is 2.11. The second kappa shape index (κ2) is 6.87. The minimum atomic E-state index is -0.239. The van der Waals surface area contributed by atoms with Crippen LogP contribution >= 0.6 is 0 Å². The van der Waals surface area contributed by atoms with E-state index in [1.165, 1.54) is 0 Å². The first-order chi connectivity index (χ1) is 8.96. The van der Waals surface area contributed by atoms with E-state index >= 15 is 0 Å². The maximum atomic E-state index is 11.8. The first kappa shape index (κ1) is 15.1. The Morgan fingerprint density at radius 3 is 2.00 bits per heavy atom. The molecule has 5 nitrogen and oxygen atoms in total. The van der Waals surface area contributed by atoms with Gasteiger partial charge in [0.25, 0.3) is 0 Å². The van der Waals surface area contributed by atoms with Crippen LogP contribution in [0.3, 0.4) is 0 Å². The molecular weight excluding hydrogens is 244 g/mol. The zero-order valence-corrected chi connectivity index (χ0v) is 12.1. The monoisotopic (exact) mass is 266 g/mol. The number of amides is 2. The van der Waals surface area contributed by atoms with E-state index in [1.54, 1.807) is 32.4 Å². The number of nitrogens with one attached hydrogen (secondary N) is 2. The van der Waals surface area contributed by atoms with Gasteiger partial charge in [0.2, 0.25) is 0 Å². The zero-order valence-electron chi connectivity index (χ0n) is 12.1. The molecule has 1 aromatic rings. The average Bonchev–Trinajstić information content (AvgIpc) is 2.37. The summed E-state index contributed by atoms with van der Waals surface area (Å²) in [5, 5.41) is 5.64. The topological polar surface area (TPSA) is 59.6 Å². The number of urea groups is 1. The Bertz CT molecular complexity index is 410. The first-order valence-corrected chi connectivity index (χ1v) is 6.26. The van der Waals surface area contributed by atoms with E-state index < -0.39 is 0 Å². The van der Waals surface area contributed by atoms with E-state index in [4.69, 9.17) is 9.47 Å². The lowest BCUT2D eigenvalue weighted by Crippen LogP contribution is -2.38. The van der Waals surface area contributed by atoms with Gasteiger partial charge in [0.1, 0.15) is 11.5 Å². The molecule has 0 spiro atoms. The number of carbonyl (C=O) groups is 1. The van der Waals surface area contributed by atoms with E-state index in [1.807, 2.05) is 6.92 Å². The highest BCUT2D eigenvalue weighted by molar-refractivity contribution is 5.89. The van der Waals surface area contributed by atoms with Crippen LogP contribution in [0, 0.1) is 5.92 Å². The summed E-state index contributed by atoms with van der Waals surface area (Å²) >= 11 is 0. The van der Waals surface area contributed by atoms with Crippen molar-refractivity contribution in [2.75, 3.05) is 19.5 Å². The third-order valence-electron chi connectivity index (χ3n) is 2.97. The van der Waals surface area contributed by atoms with Crippen molar-refractivity contribution in [2.45, 2.75) is 26.8 Å². The summed E-state index contributed by atoms with van der Waals surface area (Å²) in [4.78, 5) is 11.8. The van der Waals surface area contributed by atoms with Crippen molar-refractivity contribution in [1.82, 2.24) is 5.32 Å². The van der Waals surface area contributed by atoms with Crippen LogP contribution < -0.4 is 20.1 Å². The molecule has 0 fully saturated rings. The summed E-state index contributed by atoms with van der Waals surface area (Å²) in [6.45, 7) is 6.08. The third kappa shape index (κ3) is 4.69. The van der Waals surface area contributed by atoms with Crippen LogP contribution in [0.4, 0.5) is 10.5 Å². The van der Waals surface area contributed by atoms with Crippen LogP contribution in [0.5, 0.6) is 11.5 Å². The summed E-state index contributed by atoms with van der Waals surface area (Å²) in [7, 11) is 3.14. The predicted molar refractivity (Wildman–Crippen MR) is 76.0 cm³/mol. The fourth-order valence-corrected chi connectivity index (χ4v) is 1.42. The normalized spacial score (nSPS) is 11.9. The van der Waals surface area contributed by atoms with E-state index in [0.717, 1.165) is 0 Å². The first-order valence-electron chi connectivity index (χ1n) is 6.26. The maximum absolute atomic E-state index is 11.8. The van der Waals surface area contributed by atoms with Gasteiger partial charge in [-0.2, -0.15) is 0 Å². The molecule has 0 saturated carbocycles. The van der Waals surface area contributed by atoms with Gasteiger partial charge in [-0.05, 0) is 12.8 Å². The molecule has 1 rings (SSSR count). The summed E-state index contributed by atoms with van der Waals surface area (Å²) in [6.07, 6.45) is 0. The minimum absolute atomic E-state index is 0.104. The van der Waals surface area contributed by atoms with Crippen molar-refractivity contribution in [2.24, 2.45) is 5.92 Å². The summed E-state index contributed by atoms with van der Waals surface area (Å²) in [6, 6.07) is 5.09. The van der Waals surface area contributed by atoms with Gasteiger partial charge in [0, 0.05) is 29.9 Å². The minimum Gasteiger partial charge on any atom is -0.497 e. The predicted octanol–water partition coefficient (Wildman–Crippen LogP) is 2.87. The van der Waals surface area contributed by atoms with Crippen LogP contribution in [-0.2, 0) is 0 Å². The summed E-state index contributed by atoms with van der Waals surface area (Å²) in [5.74, 6) is 1.64. The van der Waals surface area contributed by atoms with Crippen LogP contribution in [0.1, 0.15) is 20.8 Å². The van der Waals surface area contributed by atoms with Gasteiger partial charge >= 0.3 is 6.03 Å². The van der Waals surface area contributed by atoms with Gasteiger partial charge in [-0.3, -0.25) is 0 Å². The molecule has 5 heteroatoms. The highest BCUT2D eigenvalue weighted by Crippen LogP contribution is 2.25. The van der Waals surface area contributed by atoms with Gasteiger partial charge < -0.3 is 20.1 Å². The molecule has 2 N–H and O–H groups in total. The van der Waals surface area contributed by atoms with Crippen molar-refractivity contribution in [3.63, 3.8) is 0 Å². The third-order valence-corrected chi connectivity index (χ3v) is 2.97. The Labute approximate surface area is 114 Å². The SMILES string of the molecule is COc1cc(NC(=O)NC(C)C(C)C)cc(OC)c1. The lowest BCUT2D eigenvalue weighted by atomic mass is 10.1. The molecule has 0 aliphatic heterocycles. The van der Waals surface area contributed by atoms with Crippen molar-refractivity contribution < 1.29 is 14.3 Å². The zero-order chi connectivity index (χ0) is 14.4. The summed E-state index contributed by atoms with van der Waals surface area (Å²) < 4.78 is 10.3. The van der Waals surface area contributed by atoms with E-state index in [0.29, 0.717) is 23.1 Å². The van der Waals surface area contributed by atoms with Gasteiger partial charge in [-0.15, -0.1) is 0 Å². The number of hydrogen-bond donors (Lipinski definition) is 2. The Hall–Kier alpha value is -1.91. The van der Waals surface area contributed by atoms with Crippen LogP contribution in [0.25, 0.3) is 0 Å². The molecule has 0 saturated heterocycles. The van der Waals surface area contributed by atoms with Crippen molar-refractivity contribution >= 4 is 11.7 Å². The number of rotatable bonds is 5. The van der Waals surface area contributed by atoms with Crippen molar-refractivity contribution in [3.05, 3.63) is 18.2 Å². The molecule has 0 bridgehead atoms. The molecule has 2 amide bonds. The molecule has 106 valence electrons. The lowest BCUT2D eigenvalue weighted by molar-refractivity contribution is 0.246. The molecule has 1 aromatic carbocycles. The van der Waals surface area contributed by atoms with Crippen LogP contribution in [0.2, 0.25) is 0 Å². The Kier molecular flexibility index (Phi) is 5.48. The number of carbonyl (C=O) groups excluding carboxylic acids is 1. The van der Waals surface area contributed by atoms with Crippen LogP contribution in [-0.4, -0.2) is 26.3 Å².